The molecule has 0 atom stereocenters. The normalized spacial score (nSPS) is 18.0. The van der Waals surface area contributed by atoms with Crippen molar-refractivity contribution in [2.45, 2.75) is 32.9 Å². The summed E-state index contributed by atoms with van der Waals surface area (Å²) in [5.41, 5.74) is 1.33. The summed E-state index contributed by atoms with van der Waals surface area (Å²) in [6.07, 6.45) is 4.29. The van der Waals surface area contributed by atoms with Crippen LogP contribution in [0.5, 0.6) is 0 Å². The molecule has 19 heavy (non-hydrogen) atoms. The maximum absolute atomic E-state index is 5.56. The van der Waals surface area contributed by atoms with E-state index >= 15 is 0 Å². The number of nitrogens with zero attached hydrogens (tertiary/aromatic N) is 1. The monoisotopic (exact) mass is 266 g/mol. The summed E-state index contributed by atoms with van der Waals surface area (Å²) < 4.78 is 10.8. The largest absolute Gasteiger partial charge is 0.468 e. The average molecular weight is 266 g/mol. The number of hydrogen-bond acceptors (Lipinski definition) is 4. The first-order chi connectivity index (χ1) is 9.33. The number of piperidine rings is 1. The third-order valence-corrected chi connectivity index (χ3v) is 3.88. The van der Waals surface area contributed by atoms with Crippen LogP contribution in [0.2, 0.25) is 0 Å². The molecule has 2 heterocycles. The first-order valence-corrected chi connectivity index (χ1v) is 7.30. The van der Waals surface area contributed by atoms with E-state index in [-0.39, 0.29) is 0 Å². The predicted octanol–water partition coefficient (Wildman–Crippen LogP) is 2.25. The van der Waals surface area contributed by atoms with Crippen LogP contribution < -0.4 is 5.32 Å². The molecule has 0 unspecified atom stereocenters. The zero-order valence-electron chi connectivity index (χ0n) is 12.2. The summed E-state index contributed by atoms with van der Waals surface area (Å²) in [6, 6.07) is 2.11. The molecule has 1 aliphatic rings. The smallest absolute Gasteiger partial charge is 0.122 e. The van der Waals surface area contributed by atoms with Gasteiger partial charge in [0.05, 0.1) is 12.8 Å². The number of likely N-dealkylation sites (tertiary alicyclic amines) is 1. The molecule has 0 bridgehead atoms. The summed E-state index contributed by atoms with van der Waals surface area (Å²) in [6.45, 7) is 8.17. The lowest BCUT2D eigenvalue weighted by Gasteiger charge is -2.31. The molecule has 0 saturated carbocycles. The third-order valence-electron chi connectivity index (χ3n) is 3.88. The number of methoxy groups -OCH3 is 1. The Morgan fingerprint density at radius 2 is 2.21 bits per heavy atom. The third kappa shape index (κ3) is 4.34. The summed E-state index contributed by atoms with van der Waals surface area (Å²) in [5.74, 6) is 1.83. The van der Waals surface area contributed by atoms with Crippen molar-refractivity contribution >= 4 is 0 Å². The number of hydrogen-bond donors (Lipinski definition) is 1. The summed E-state index contributed by atoms with van der Waals surface area (Å²) in [5, 5.41) is 3.32. The molecule has 1 aliphatic heterocycles. The topological polar surface area (TPSA) is 37.6 Å². The minimum atomic E-state index is 0.742. The zero-order chi connectivity index (χ0) is 13.5. The van der Waals surface area contributed by atoms with Gasteiger partial charge < -0.3 is 14.5 Å². The molecule has 0 amide bonds. The molecular formula is C15H26N2O2. The molecule has 4 heteroatoms. The predicted molar refractivity (Wildman–Crippen MR) is 76.0 cm³/mol. The first kappa shape index (κ1) is 14.6. The maximum Gasteiger partial charge on any atom is 0.122 e. The Balaban J connectivity index is 1.80. The Labute approximate surface area is 116 Å². The van der Waals surface area contributed by atoms with Gasteiger partial charge in [0.15, 0.2) is 0 Å². The van der Waals surface area contributed by atoms with Gasteiger partial charge in [0, 0.05) is 25.8 Å². The fourth-order valence-electron chi connectivity index (χ4n) is 2.69. The lowest BCUT2D eigenvalue weighted by atomic mass is 9.97. The molecule has 1 aromatic heterocycles. The molecule has 1 saturated heterocycles. The van der Waals surface area contributed by atoms with Crippen molar-refractivity contribution in [2.75, 3.05) is 33.4 Å². The molecule has 108 valence electrons. The van der Waals surface area contributed by atoms with Crippen molar-refractivity contribution in [3.8, 4) is 0 Å². The number of furan rings is 1. The van der Waals surface area contributed by atoms with Crippen LogP contribution in [0.25, 0.3) is 0 Å². The molecule has 0 aromatic carbocycles. The molecule has 0 spiro atoms. The number of nitrogens with one attached hydrogen (secondary N) is 1. The lowest BCUT2D eigenvalue weighted by molar-refractivity contribution is 0.0966. The number of ether oxygens (including phenoxy) is 1. The van der Waals surface area contributed by atoms with Crippen LogP contribution in [-0.4, -0.2) is 38.3 Å². The Kier molecular flexibility index (Phi) is 5.89. The summed E-state index contributed by atoms with van der Waals surface area (Å²) in [7, 11) is 1.80. The van der Waals surface area contributed by atoms with Crippen LogP contribution in [0.15, 0.2) is 16.7 Å². The molecule has 0 aliphatic carbocycles. The molecule has 1 fully saturated rings. The second kappa shape index (κ2) is 7.68. The van der Waals surface area contributed by atoms with E-state index in [1.165, 1.54) is 31.5 Å². The Hall–Kier alpha value is -0.840. The van der Waals surface area contributed by atoms with Crippen LogP contribution >= 0.6 is 0 Å². The highest BCUT2D eigenvalue weighted by Crippen LogP contribution is 2.20. The van der Waals surface area contributed by atoms with Crippen LogP contribution in [0.3, 0.4) is 0 Å². The van der Waals surface area contributed by atoms with E-state index in [9.17, 15) is 0 Å². The standard InChI is InChI=1S/C15H26N2O2/c1-3-16-10-15-14(6-9-19-15)11-17-7-4-13(5-8-17)12-18-2/h6,9,13,16H,3-5,7-8,10-12H2,1-2H3. The van der Waals surface area contributed by atoms with Crippen molar-refractivity contribution in [1.29, 1.82) is 0 Å². The molecule has 1 N–H and O–H groups in total. The quantitative estimate of drug-likeness (QED) is 0.821. The Morgan fingerprint density at radius 3 is 2.89 bits per heavy atom. The van der Waals surface area contributed by atoms with E-state index in [2.05, 4.69) is 23.2 Å². The van der Waals surface area contributed by atoms with Gasteiger partial charge in [-0.05, 0) is 44.5 Å². The Morgan fingerprint density at radius 1 is 1.42 bits per heavy atom. The highest BCUT2D eigenvalue weighted by atomic mass is 16.5. The molecule has 0 radical (unpaired) electrons. The minimum Gasteiger partial charge on any atom is -0.468 e. The van der Waals surface area contributed by atoms with Crippen molar-refractivity contribution in [3.05, 3.63) is 23.7 Å². The fourth-order valence-corrected chi connectivity index (χ4v) is 2.69. The maximum atomic E-state index is 5.56. The Bertz CT molecular complexity index is 357. The second-order valence-corrected chi connectivity index (χ2v) is 5.32. The van der Waals surface area contributed by atoms with Gasteiger partial charge in [0.2, 0.25) is 0 Å². The molecule has 4 nitrogen and oxygen atoms in total. The van der Waals surface area contributed by atoms with Crippen molar-refractivity contribution < 1.29 is 9.15 Å². The average Bonchev–Trinajstić information content (AvgIpc) is 2.86. The van der Waals surface area contributed by atoms with E-state index in [0.717, 1.165) is 37.9 Å². The van der Waals surface area contributed by atoms with Crippen LogP contribution in [0, 0.1) is 5.92 Å². The molecule has 2 rings (SSSR count). The van der Waals surface area contributed by atoms with Crippen molar-refractivity contribution in [1.82, 2.24) is 10.2 Å². The summed E-state index contributed by atoms with van der Waals surface area (Å²) in [4.78, 5) is 2.52. The van der Waals surface area contributed by atoms with Gasteiger partial charge in [-0.15, -0.1) is 0 Å². The second-order valence-electron chi connectivity index (χ2n) is 5.32. The van der Waals surface area contributed by atoms with Crippen molar-refractivity contribution in [2.24, 2.45) is 5.92 Å². The SMILES string of the molecule is CCNCc1occc1CN1CCC(COC)CC1. The van der Waals surface area contributed by atoms with E-state index in [1.54, 1.807) is 13.4 Å². The van der Waals surface area contributed by atoms with Crippen LogP contribution in [0.1, 0.15) is 31.1 Å². The van der Waals surface area contributed by atoms with Crippen molar-refractivity contribution in [3.63, 3.8) is 0 Å². The zero-order valence-corrected chi connectivity index (χ0v) is 12.2. The molecule has 1 aromatic rings. The van der Waals surface area contributed by atoms with Gasteiger partial charge in [0.25, 0.3) is 0 Å². The highest BCUT2D eigenvalue weighted by molar-refractivity contribution is 5.17. The number of rotatable bonds is 7. The van der Waals surface area contributed by atoms with E-state index in [0.29, 0.717) is 0 Å². The van der Waals surface area contributed by atoms with Gasteiger partial charge in [-0.3, -0.25) is 4.90 Å². The van der Waals surface area contributed by atoms with E-state index < -0.39 is 0 Å². The van der Waals surface area contributed by atoms with E-state index in [1.807, 2.05) is 0 Å². The molecular weight excluding hydrogens is 240 g/mol. The van der Waals surface area contributed by atoms with Gasteiger partial charge >= 0.3 is 0 Å². The van der Waals surface area contributed by atoms with Gasteiger partial charge in [-0.2, -0.15) is 0 Å². The lowest BCUT2D eigenvalue weighted by Crippen LogP contribution is -2.34. The highest BCUT2D eigenvalue weighted by Gasteiger charge is 2.20. The fraction of sp³-hybridized carbons (Fsp3) is 0.733. The van der Waals surface area contributed by atoms with Gasteiger partial charge in [-0.25, -0.2) is 0 Å². The van der Waals surface area contributed by atoms with Gasteiger partial charge in [-0.1, -0.05) is 6.92 Å². The summed E-state index contributed by atoms with van der Waals surface area (Å²) >= 11 is 0. The minimum absolute atomic E-state index is 0.742. The van der Waals surface area contributed by atoms with E-state index in [4.69, 9.17) is 9.15 Å². The van der Waals surface area contributed by atoms with Crippen LogP contribution in [-0.2, 0) is 17.8 Å². The van der Waals surface area contributed by atoms with Gasteiger partial charge in [0.1, 0.15) is 5.76 Å². The first-order valence-electron chi connectivity index (χ1n) is 7.30. The van der Waals surface area contributed by atoms with Crippen LogP contribution in [0.4, 0.5) is 0 Å².